The molecule has 0 saturated carbocycles. The van der Waals surface area contributed by atoms with Crippen molar-refractivity contribution in [3.63, 3.8) is 0 Å². The fourth-order valence-corrected chi connectivity index (χ4v) is 4.80. The quantitative estimate of drug-likeness (QED) is 0.252. The summed E-state index contributed by atoms with van der Waals surface area (Å²) in [7, 11) is 0. The maximum Gasteiger partial charge on any atom is 0.338 e. The summed E-state index contributed by atoms with van der Waals surface area (Å²) >= 11 is 13.1. The van der Waals surface area contributed by atoms with Crippen LogP contribution in [0.1, 0.15) is 27.1 Å². The number of aromatic nitrogens is 1. The molecule has 34 heavy (non-hydrogen) atoms. The maximum absolute atomic E-state index is 12.8. The predicted molar refractivity (Wildman–Crippen MR) is 129 cm³/mol. The molecule has 0 aliphatic carbocycles. The number of ether oxygens (including phenoxy) is 1. The lowest BCUT2D eigenvalue weighted by molar-refractivity contribution is -0.121. The van der Waals surface area contributed by atoms with Crippen LogP contribution in [-0.2, 0) is 14.3 Å². The van der Waals surface area contributed by atoms with Gasteiger partial charge in [-0.1, -0.05) is 41.0 Å². The van der Waals surface area contributed by atoms with Gasteiger partial charge in [0.15, 0.2) is 6.61 Å². The molecule has 1 fully saturated rings. The van der Waals surface area contributed by atoms with Crippen LogP contribution in [0.25, 0.3) is 0 Å². The van der Waals surface area contributed by atoms with Gasteiger partial charge < -0.3 is 4.74 Å². The molecule has 172 valence electrons. The number of ketones is 1. The Kier molecular flexibility index (Phi) is 7.31. The molecule has 2 heterocycles. The molecule has 4 rings (SSSR count). The van der Waals surface area contributed by atoms with Gasteiger partial charge in [0, 0.05) is 23.2 Å². The first-order valence-electron chi connectivity index (χ1n) is 10.0. The first-order valence-corrected chi connectivity index (χ1v) is 11.7. The largest absolute Gasteiger partial charge is 0.454 e. The van der Waals surface area contributed by atoms with Crippen molar-refractivity contribution in [1.29, 1.82) is 0 Å². The lowest BCUT2D eigenvalue weighted by atomic mass is 10.1. The lowest BCUT2D eigenvalue weighted by Gasteiger charge is -2.15. The summed E-state index contributed by atoms with van der Waals surface area (Å²) in [6, 6.07) is 15.6. The van der Waals surface area contributed by atoms with Crippen molar-refractivity contribution in [1.82, 2.24) is 4.98 Å². The van der Waals surface area contributed by atoms with Gasteiger partial charge in [0.1, 0.15) is 0 Å². The Hall–Kier alpha value is -3.20. The van der Waals surface area contributed by atoms with Crippen LogP contribution in [0.2, 0.25) is 10.0 Å². The summed E-state index contributed by atoms with van der Waals surface area (Å²) in [4.78, 5) is 55.2. The first-order chi connectivity index (χ1) is 16.3. The van der Waals surface area contributed by atoms with Crippen LogP contribution >= 0.6 is 35.0 Å². The third-order valence-corrected chi connectivity index (χ3v) is 6.62. The molecule has 0 N–H and O–H groups in total. The van der Waals surface area contributed by atoms with E-state index in [4.69, 9.17) is 27.9 Å². The van der Waals surface area contributed by atoms with Gasteiger partial charge in [0.25, 0.3) is 0 Å². The van der Waals surface area contributed by atoms with E-state index in [1.165, 1.54) is 54.2 Å². The Balaban J connectivity index is 1.38. The van der Waals surface area contributed by atoms with Gasteiger partial charge in [-0.25, -0.2) is 14.7 Å². The molecule has 10 heteroatoms. The fraction of sp³-hybridized carbons (Fsp3) is 0.125. The number of benzene rings is 2. The van der Waals surface area contributed by atoms with Crippen LogP contribution in [0.4, 0.5) is 5.69 Å². The zero-order valence-electron chi connectivity index (χ0n) is 17.4. The first kappa shape index (κ1) is 23.9. The van der Waals surface area contributed by atoms with Crippen LogP contribution in [0, 0.1) is 0 Å². The fourth-order valence-electron chi connectivity index (χ4n) is 3.28. The second-order valence-corrected chi connectivity index (χ2v) is 9.28. The van der Waals surface area contributed by atoms with Crippen LogP contribution in [0.5, 0.6) is 0 Å². The number of carbonyl (C=O) groups excluding carboxylic acids is 4. The standard InChI is InChI=1S/C24H16Cl2N2O5S/c25-15-6-9-17(18(26)11-15)19(29)13-33-24(32)14-4-7-16(8-5-14)28-22(30)12-20(23(28)31)34-21-3-1-2-10-27-21/h1-11,20H,12-13H2. The zero-order chi connectivity index (χ0) is 24.2. The molecule has 7 nitrogen and oxygen atoms in total. The molecule has 0 radical (unpaired) electrons. The van der Waals surface area contributed by atoms with Crippen molar-refractivity contribution in [3.8, 4) is 0 Å². The van der Waals surface area contributed by atoms with Crippen molar-refractivity contribution in [2.75, 3.05) is 11.5 Å². The van der Waals surface area contributed by atoms with Crippen LogP contribution in [0.3, 0.4) is 0 Å². The van der Waals surface area contributed by atoms with Crippen molar-refractivity contribution >= 4 is 64.2 Å². The number of imide groups is 1. The summed E-state index contributed by atoms with van der Waals surface area (Å²) in [5.74, 6) is -1.88. The molecule has 1 unspecified atom stereocenters. The van der Waals surface area contributed by atoms with Gasteiger partial charge in [-0.3, -0.25) is 14.4 Å². The summed E-state index contributed by atoms with van der Waals surface area (Å²) in [6.45, 7) is -0.503. The Morgan fingerprint density at radius 2 is 1.82 bits per heavy atom. The molecule has 0 bridgehead atoms. The number of hydrogen-bond donors (Lipinski definition) is 0. The average Bonchev–Trinajstić information content (AvgIpc) is 3.10. The highest BCUT2D eigenvalue weighted by Gasteiger charge is 2.40. The van der Waals surface area contributed by atoms with Gasteiger partial charge in [-0.15, -0.1) is 0 Å². The molecule has 2 aromatic carbocycles. The van der Waals surface area contributed by atoms with Gasteiger partial charge >= 0.3 is 5.97 Å². The summed E-state index contributed by atoms with van der Waals surface area (Å²) < 4.78 is 5.08. The molecule has 1 saturated heterocycles. The van der Waals surface area contributed by atoms with E-state index in [2.05, 4.69) is 4.98 Å². The number of pyridine rings is 1. The zero-order valence-corrected chi connectivity index (χ0v) is 19.8. The number of anilines is 1. The van der Waals surface area contributed by atoms with Crippen molar-refractivity contribution in [2.24, 2.45) is 0 Å². The van der Waals surface area contributed by atoms with E-state index >= 15 is 0 Å². The number of rotatable bonds is 7. The van der Waals surface area contributed by atoms with Crippen LogP contribution < -0.4 is 4.90 Å². The van der Waals surface area contributed by atoms with E-state index in [1.807, 2.05) is 6.07 Å². The minimum absolute atomic E-state index is 0.0548. The number of nitrogens with zero attached hydrogens (tertiary/aromatic N) is 2. The highest BCUT2D eigenvalue weighted by Crippen LogP contribution is 2.33. The molecule has 1 aliphatic rings. The van der Waals surface area contributed by atoms with Gasteiger partial charge in [-0.2, -0.15) is 0 Å². The summed E-state index contributed by atoms with van der Waals surface area (Å²) in [6.07, 6.45) is 1.68. The molecule has 1 aliphatic heterocycles. The van der Waals surface area contributed by atoms with E-state index in [0.29, 0.717) is 15.7 Å². The number of amides is 2. The third kappa shape index (κ3) is 5.30. The Morgan fingerprint density at radius 1 is 1.06 bits per heavy atom. The second-order valence-electron chi connectivity index (χ2n) is 7.22. The number of halogens is 2. The Morgan fingerprint density at radius 3 is 2.50 bits per heavy atom. The average molecular weight is 515 g/mol. The van der Waals surface area contributed by atoms with E-state index in [9.17, 15) is 19.2 Å². The minimum atomic E-state index is -0.729. The SMILES string of the molecule is O=C(OCC(=O)c1ccc(Cl)cc1Cl)c1ccc(N2C(=O)CC(Sc3ccccn3)C2=O)cc1. The maximum atomic E-state index is 12.8. The van der Waals surface area contributed by atoms with Gasteiger partial charge in [-0.05, 0) is 54.6 Å². The number of thioether (sulfide) groups is 1. The molecular formula is C24H16Cl2N2O5S. The van der Waals surface area contributed by atoms with Crippen molar-refractivity contribution in [2.45, 2.75) is 16.7 Å². The number of carbonyl (C=O) groups is 4. The molecule has 2 amide bonds. The molecule has 0 spiro atoms. The normalized spacial score (nSPS) is 15.5. The molecular weight excluding hydrogens is 499 g/mol. The van der Waals surface area contributed by atoms with Crippen LogP contribution in [-0.4, -0.2) is 40.4 Å². The van der Waals surface area contributed by atoms with Gasteiger partial charge in [0.05, 0.1) is 26.5 Å². The Labute approximate surface area is 209 Å². The van der Waals surface area contributed by atoms with E-state index in [0.717, 1.165) is 4.90 Å². The summed E-state index contributed by atoms with van der Waals surface area (Å²) in [5.41, 5.74) is 0.704. The molecule has 3 aromatic rings. The number of esters is 1. The van der Waals surface area contributed by atoms with Crippen LogP contribution in [0.15, 0.2) is 71.9 Å². The topological polar surface area (TPSA) is 93.6 Å². The van der Waals surface area contributed by atoms with Gasteiger partial charge in [0.2, 0.25) is 17.6 Å². The lowest BCUT2D eigenvalue weighted by Crippen LogP contribution is -2.31. The minimum Gasteiger partial charge on any atom is -0.454 e. The van der Waals surface area contributed by atoms with E-state index in [-0.39, 0.29) is 34.4 Å². The summed E-state index contributed by atoms with van der Waals surface area (Å²) in [5, 5.41) is 0.633. The monoisotopic (exact) mass is 514 g/mol. The Bertz CT molecular complexity index is 1270. The molecule has 1 atom stereocenters. The predicted octanol–water partition coefficient (Wildman–Crippen LogP) is 4.85. The number of Topliss-reactive ketones (excluding diaryl/α,β-unsaturated/α-hetero) is 1. The number of hydrogen-bond acceptors (Lipinski definition) is 7. The van der Waals surface area contributed by atoms with E-state index in [1.54, 1.807) is 18.3 Å². The highest BCUT2D eigenvalue weighted by molar-refractivity contribution is 8.00. The van der Waals surface area contributed by atoms with Crippen molar-refractivity contribution in [3.05, 3.63) is 88.0 Å². The highest BCUT2D eigenvalue weighted by atomic mass is 35.5. The smallest absolute Gasteiger partial charge is 0.338 e. The second kappa shape index (κ2) is 10.4. The van der Waals surface area contributed by atoms with Crippen molar-refractivity contribution < 1.29 is 23.9 Å². The van der Waals surface area contributed by atoms with E-state index < -0.39 is 23.6 Å². The third-order valence-electron chi connectivity index (χ3n) is 4.93. The molecule has 1 aromatic heterocycles.